The van der Waals surface area contributed by atoms with Gasteiger partial charge in [-0.2, -0.15) is 14.9 Å². The number of H-pyrrole nitrogens is 1. The second-order valence-electron chi connectivity index (χ2n) is 8.08. The number of methoxy groups -OCH3 is 2. The highest BCUT2D eigenvalue weighted by Crippen LogP contribution is 2.38. The van der Waals surface area contributed by atoms with E-state index in [1.54, 1.807) is 23.0 Å². The van der Waals surface area contributed by atoms with Crippen molar-refractivity contribution in [3.8, 4) is 28.6 Å². The van der Waals surface area contributed by atoms with Gasteiger partial charge in [0.2, 0.25) is 10.5 Å². The molecule has 3 rings (SSSR count). The molecule has 0 radical (unpaired) electrons. The molecule has 2 aromatic carbocycles. The van der Waals surface area contributed by atoms with Crippen molar-refractivity contribution in [2.24, 2.45) is 5.10 Å². The zero-order valence-electron chi connectivity index (χ0n) is 18.9. The molecule has 0 amide bonds. The first-order valence-electron chi connectivity index (χ1n) is 9.91. The van der Waals surface area contributed by atoms with Crippen LogP contribution in [0.2, 0.25) is 0 Å². The topological polar surface area (TPSA) is 90.7 Å². The van der Waals surface area contributed by atoms with Gasteiger partial charge in [-0.3, -0.25) is 4.79 Å². The van der Waals surface area contributed by atoms with Crippen LogP contribution < -0.4 is 14.2 Å². The van der Waals surface area contributed by atoms with Gasteiger partial charge in [0, 0.05) is 18.1 Å². The molecule has 0 atom stereocenters. The summed E-state index contributed by atoms with van der Waals surface area (Å²) in [6.45, 7) is 7.80. The first-order valence-corrected chi connectivity index (χ1v) is 10.3. The number of hydrogen-bond donors (Lipinski definition) is 1. The van der Waals surface area contributed by atoms with E-state index in [1.807, 2.05) is 12.1 Å². The molecule has 8 nitrogen and oxygen atoms in total. The van der Waals surface area contributed by atoms with Gasteiger partial charge < -0.3 is 14.2 Å². The lowest BCUT2D eigenvalue weighted by Gasteiger charge is -2.18. The zero-order valence-corrected chi connectivity index (χ0v) is 19.7. The molecule has 0 unspecified atom stereocenters. The molecule has 0 aliphatic rings. The van der Waals surface area contributed by atoms with Gasteiger partial charge in [-0.05, 0) is 35.3 Å². The number of aromatic nitrogens is 3. The molecule has 0 aliphatic heterocycles. The molecule has 3 aromatic rings. The Kier molecular flexibility index (Phi) is 6.78. The second-order valence-corrected chi connectivity index (χ2v) is 8.47. The van der Waals surface area contributed by atoms with Crippen LogP contribution in [-0.2, 0) is 10.2 Å². The lowest BCUT2D eigenvalue weighted by atomic mass is 9.87. The van der Waals surface area contributed by atoms with Crippen molar-refractivity contribution in [3.05, 3.63) is 52.3 Å². The number of nitrogens with zero attached hydrogens (tertiary/aromatic N) is 3. The van der Waals surface area contributed by atoms with Crippen molar-refractivity contribution in [1.29, 1.82) is 0 Å². The van der Waals surface area contributed by atoms with Crippen LogP contribution >= 0.6 is 12.2 Å². The third kappa shape index (κ3) is 5.05. The SMILES string of the molecule is COc1cc(/C=N/n2c(-c3ccc(C(C)(C)C)cc3)n[nH]c2=S)cc(OC)c1OC(C)=O. The van der Waals surface area contributed by atoms with Crippen LogP contribution in [0.4, 0.5) is 0 Å². The van der Waals surface area contributed by atoms with Gasteiger partial charge in [0.25, 0.3) is 0 Å². The standard InChI is InChI=1S/C23H26N4O4S/c1-14(28)31-20-18(29-5)11-15(12-19(20)30-6)13-24-27-21(25-26-22(27)32)16-7-9-17(10-8-16)23(2,3)4/h7-13H,1-6H3,(H,26,32)/b24-13+. The molecular formula is C23H26N4O4S. The van der Waals surface area contributed by atoms with Crippen LogP contribution in [0.15, 0.2) is 41.5 Å². The molecule has 1 aromatic heterocycles. The minimum Gasteiger partial charge on any atom is -0.493 e. The van der Waals surface area contributed by atoms with E-state index in [1.165, 1.54) is 26.7 Å². The fourth-order valence-electron chi connectivity index (χ4n) is 3.05. The number of nitrogens with one attached hydrogen (secondary N) is 1. The van der Waals surface area contributed by atoms with E-state index in [2.05, 4.69) is 48.2 Å². The first-order chi connectivity index (χ1) is 15.1. The van der Waals surface area contributed by atoms with Crippen LogP contribution in [0.5, 0.6) is 17.2 Å². The number of hydrogen-bond acceptors (Lipinski definition) is 7. The Morgan fingerprint density at radius 2 is 1.72 bits per heavy atom. The van der Waals surface area contributed by atoms with Gasteiger partial charge in [0.15, 0.2) is 17.3 Å². The molecular weight excluding hydrogens is 428 g/mol. The van der Waals surface area contributed by atoms with Crippen molar-refractivity contribution in [3.63, 3.8) is 0 Å². The van der Waals surface area contributed by atoms with Gasteiger partial charge in [0.05, 0.1) is 20.4 Å². The summed E-state index contributed by atoms with van der Waals surface area (Å²) >= 11 is 5.36. The molecule has 168 valence electrons. The van der Waals surface area contributed by atoms with Crippen LogP contribution in [0.1, 0.15) is 38.8 Å². The average molecular weight is 455 g/mol. The summed E-state index contributed by atoms with van der Waals surface area (Å²) in [5.74, 6) is 1.00. The molecule has 0 aliphatic carbocycles. The number of benzene rings is 2. The minimum atomic E-state index is -0.477. The number of rotatable bonds is 6. The Morgan fingerprint density at radius 1 is 1.12 bits per heavy atom. The van der Waals surface area contributed by atoms with E-state index < -0.39 is 5.97 Å². The Labute approximate surface area is 191 Å². The van der Waals surface area contributed by atoms with Gasteiger partial charge in [-0.15, -0.1) is 0 Å². The Balaban J connectivity index is 1.98. The number of carbonyl (C=O) groups is 1. The summed E-state index contributed by atoms with van der Waals surface area (Å²) in [5, 5.41) is 11.6. The van der Waals surface area contributed by atoms with Gasteiger partial charge in [-0.25, -0.2) is 5.10 Å². The van der Waals surface area contributed by atoms with E-state index >= 15 is 0 Å². The second kappa shape index (κ2) is 9.35. The molecule has 1 N–H and O–H groups in total. The molecule has 32 heavy (non-hydrogen) atoms. The van der Waals surface area contributed by atoms with E-state index in [-0.39, 0.29) is 11.2 Å². The predicted octanol–water partition coefficient (Wildman–Crippen LogP) is 4.73. The fraction of sp³-hybridized carbons (Fsp3) is 0.304. The predicted molar refractivity (Wildman–Crippen MR) is 125 cm³/mol. The van der Waals surface area contributed by atoms with Crippen LogP contribution in [0, 0.1) is 4.77 Å². The normalized spacial score (nSPS) is 11.6. The maximum Gasteiger partial charge on any atom is 0.308 e. The average Bonchev–Trinajstić information content (AvgIpc) is 3.12. The van der Waals surface area contributed by atoms with Gasteiger partial charge in [0.1, 0.15) is 0 Å². The molecule has 0 spiro atoms. The van der Waals surface area contributed by atoms with E-state index in [0.717, 1.165) is 5.56 Å². The smallest absolute Gasteiger partial charge is 0.308 e. The third-order valence-electron chi connectivity index (χ3n) is 4.71. The van der Waals surface area contributed by atoms with Crippen molar-refractivity contribution < 1.29 is 19.0 Å². The zero-order chi connectivity index (χ0) is 23.5. The fourth-order valence-corrected chi connectivity index (χ4v) is 3.23. The van der Waals surface area contributed by atoms with Crippen molar-refractivity contribution in [1.82, 2.24) is 14.9 Å². The summed E-state index contributed by atoms with van der Waals surface area (Å²) in [7, 11) is 2.96. The maximum absolute atomic E-state index is 11.4. The Bertz CT molecular complexity index is 1180. The van der Waals surface area contributed by atoms with E-state index in [0.29, 0.717) is 27.7 Å². The maximum atomic E-state index is 11.4. The monoisotopic (exact) mass is 454 g/mol. The lowest BCUT2D eigenvalue weighted by Crippen LogP contribution is -2.10. The van der Waals surface area contributed by atoms with Crippen molar-refractivity contribution >= 4 is 24.4 Å². The molecule has 0 saturated heterocycles. The molecule has 0 fully saturated rings. The Morgan fingerprint density at radius 3 is 2.22 bits per heavy atom. The molecule has 0 saturated carbocycles. The number of ether oxygens (including phenoxy) is 3. The summed E-state index contributed by atoms with van der Waals surface area (Å²) in [6.07, 6.45) is 1.60. The largest absolute Gasteiger partial charge is 0.493 e. The Hall–Kier alpha value is -3.46. The van der Waals surface area contributed by atoms with Crippen LogP contribution in [0.3, 0.4) is 0 Å². The summed E-state index contributed by atoms with van der Waals surface area (Å²) in [5.41, 5.74) is 2.81. The summed E-state index contributed by atoms with van der Waals surface area (Å²) in [4.78, 5) is 11.4. The third-order valence-corrected chi connectivity index (χ3v) is 4.97. The van der Waals surface area contributed by atoms with E-state index in [9.17, 15) is 4.79 Å². The molecule has 9 heteroatoms. The highest BCUT2D eigenvalue weighted by atomic mass is 32.1. The first kappa shape index (κ1) is 23.2. The van der Waals surface area contributed by atoms with Crippen molar-refractivity contribution in [2.75, 3.05) is 14.2 Å². The van der Waals surface area contributed by atoms with Gasteiger partial charge in [-0.1, -0.05) is 45.0 Å². The van der Waals surface area contributed by atoms with Crippen LogP contribution in [0.25, 0.3) is 11.4 Å². The van der Waals surface area contributed by atoms with Crippen LogP contribution in [-0.4, -0.2) is 41.3 Å². The number of aromatic amines is 1. The minimum absolute atomic E-state index is 0.0534. The number of esters is 1. The van der Waals surface area contributed by atoms with Gasteiger partial charge >= 0.3 is 5.97 Å². The highest BCUT2D eigenvalue weighted by molar-refractivity contribution is 7.71. The number of carbonyl (C=O) groups excluding carboxylic acids is 1. The highest BCUT2D eigenvalue weighted by Gasteiger charge is 2.17. The molecule has 1 heterocycles. The summed E-state index contributed by atoms with van der Waals surface area (Å²) < 4.78 is 17.8. The lowest BCUT2D eigenvalue weighted by molar-refractivity contribution is -0.132. The van der Waals surface area contributed by atoms with Crippen molar-refractivity contribution in [2.45, 2.75) is 33.1 Å². The van der Waals surface area contributed by atoms with E-state index in [4.69, 9.17) is 26.4 Å². The quantitative estimate of drug-likeness (QED) is 0.251. The molecule has 0 bridgehead atoms. The summed E-state index contributed by atoms with van der Waals surface area (Å²) in [6, 6.07) is 11.5.